The molecule has 3 rings (SSSR count). The summed E-state index contributed by atoms with van der Waals surface area (Å²) in [5.41, 5.74) is 2.05. The summed E-state index contributed by atoms with van der Waals surface area (Å²) in [6.07, 6.45) is 2.56. The minimum atomic E-state index is -0.340. The van der Waals surface area contributed by atoms with E-state index in [1.165, 1.54) is 10.1 Å². The highest BCUT2D eigenvalue weighted by molar-refractivity contribution is 5.90. The van der Waals surface area contributed by atoms with Crippen LogP contribution in [-0.2, 0) is 7.05 Å². The van der Waals surface area contributed by atoms with Crippen molar-refractivity contribution >= 4 is 11.7 Å². The summed E-state index contributed by atoms with van der Waals surface area (Å²) in [6.45, 7) is 2.73. The smallest absolute Gasteiger partial charge is 0.319 e. The van der Waals surface area contributed by atoms with E-state index in [2.05, 4.69) is 34.7 Å². The molecule has 1 saturated heterocycles. The van der Waals surface area contributed by atoms with Crippen LogP contribution in [0, 0.1) is 6.92 Å². The Morgan fingerprint density at radius 1 is 1.16 bits per heavy atom. The monoisotopic (exact) mass is 340 g/mol. The number of likely N-dealkylation sites (N-methyl/N-ethyl adjacent to an activating group) is 1. The second kappa shape index (κ2) is 7.11. The van der Waals surface area contributed by atoms with Gasteiger partial charge in [-0.2, -0.15) is 0 Å². The van der Waals surface area contributed by atoms with Crippen molar-refractivity contribution in [1.29, 1.82) is 0 Å². The summed E-state index contributed by atoms with van der Waals surface area (Å²) < 4.78 is 1.46. The number of urea groups is 1. The average Bonchev–Trinajstić information content (AvgIpc) is 2.96. The van der Waals surface area contributed by atoms with Gasteiger partial charge in [0.2, 0.25) is 0 Å². The van der Waals surface area contributed by atoms with E-state index in [9.17, 15) is 9.59 Å². The third-order valence-electron chi connectivity index (χ3n) is 4.82. The van der Waals surface area contributed by atoms with Gasteiger partial charge >= 0.3 is 6.03 Å². The summed E-state index contributed by atoms with van der Waals surface area (Å²) in [7, 11) is 3.73. The molecular weight excluding hydrogens is 316 g/mol. The zero-order valence-corrected chi connectivity index (χ0v) is 14.8. The molecule has 2 heterocycles. The SMILES string of the molecule is Cc1ccn(C)c(=O)c1NC(=O)NC1CCN(C)C1c1ccccc1. The molecule has 0 aliphatic carbocycles. The Bertz CT molecular complexity index is 816. The lowest BCUT2D eigenvalue weighted by atomic mass is 10.0. The number of hydrogen-bond donors (Lipinski definition) is 2. The minimum Gasteiger partial charge on any atom is -0.333 e. The molecule has 0 bridgehead atoms. The molecule has 132 valence electrons. The van der Waals surface area contributed by atoms with Crippen molar-refractivity contribution < 1.29 is 4.79 Å². The number of benzene rings is 1. The van der Waals surface area contributed by atoms with E-state index < -0.39 is 0 Å². The number of carbonyl (C=O) groups is 1. The molecule has 2 amide bonds. The summed E-state index contributed by atoms with van der Waals surface area (Å²) in [6, 6.07) is 11.8. The fraction of sp³-hybridized carbons (Fsp3) is 0.368. The van der Waals surface area contributed by atoms with E-state index >= 15 is 0 Å². The molecule has 0 radical (unpaired) electrons. The number of carbonyl (C=O) groups excluding carboxylic acids is 1. The van der Waals surface area contributed by atoms with Crippen molar-refractivity contribution in [2.45, 2.75) is 25.4 Å². The maximum Gasteiger partial charge on any atom is 0.319 e. The predicted octanol–water partition coefficient (Wildman–Crippen LogP) is 2.26. The van der Waals surface area contributed by atoms with Crippen molar-refractivity contribution in [3.8, 4) is 0 Å². The fourth-order valence-electron chi connectivity index (χ4n) is 3.42. The van der Waals surface area contributed by atoms with Gasteiger partial charge < -0.3 is 15.2 Å². The summed E-state index contributed by atoms with van der Waals surface area (Å²) >= 11 is 0. The Morgan fingerprint density at radius 2 is 1.88 bits per heavy atom. The van der Waals surface area contributed by atoms with Gasteiger partial charge in [0, 0.05) is 19.8 Å². The van der Waals surface area contributed by atoms with Gasteiger partial charge in [0.1, 0.15) is 5.69 Å². The summed E-state index contributed by atoms with van der Waals surface area (Å²) in [5.74, 6) is 0. The quantitative estimate of drug-likeness (QED) is 0.901. The first-order chi connectivity index (χ1) is 12.0. The molecule has 1 aliphatic rings. The van der Waals surface area contributed by atoms with Crippen LogP contribution in [0.3, 0.4) is 0 Å². The normalized spacial score (nSPS) is 20.4. The number of rotatable bonds is 3. The molecular formula is C19H24N4O2. The number of nitrogens with one attached hydrogen (secondary N) is 2. The van der Waals surface area contributed by atoms with Crippen LogP contribution in [0.25, 0.3) is 0 Å². The van der Waals surface area contributed by atoms with Crippen LogP contribution in [0.2, 0.25) is 0 Å². The largest absolute Gasteiger partial charge is 0.333 e. The van der Waals surface area contributed by atoms with Crippen LogP contribution >= 0.6 is 0 Å². The fourth-order valence-corrected chi connectivity index (χ4v) is 3.42. The van der Waals surface area contributed by atoms with Crippen LogP contribution in [0.5, 0.6) is 0 Å². The zero-order valence-electron chi connectivity index (χ0n) is 14.8. The number of aromatic nitrogens is 1. The highest BCUT2D eigenvalue weighted by atomic mass is 16.2. The van der Waals surface area contributed by atoms with Crippen LogP contribution in [0.1, 0.15) is 23.6 Å². The van der Waals surface area contributed by atoms with Crippen LogP contribution in [0.15, 0.2) is 47.4 Å². The van der Waals surface area contributed by atoms with Gasteiger partial charge in [-0.05, 0) is 37.6 Å². The highest BCUT2D eigenvalue weighted by Gasteiger charge is 2.34. The minimum absolute atomic E-state index is 0.000250. The number of pyridine rings is 1. The Morgan fingerprint density at radius 3 is 2.60 bits per heavy atom. The number of anilines is 1. The molecule has 1 aromatic carbocycles. The van der Waals surface area contributed by atoms with E-state index in [1.54, 1.807) is 13.2 Å². The number of amides is 2. The Labute approximate surface area is 147 Å². The lowest BCUT2D eigenvalue weighted by molar-refractivity contribution is 0.240. The highest BCUT2D eigenvalue weighted by Crippen LogP contribution is 2.30. The second-order valence-corrected chi connectivity index (χ2v) is 6.62. The molecule has 1 aliphatic heterocycles. The molecule has 2 aromatic rings. The van der Waals surface area contributed by atoms with Gasteiger partial charge in [-0.1, -0.05) is 30.3 Å². The van der Waals surface area contributed by atoms with Crippen LogP contribution in [-0.4, -0.2) is 35.1 Å². The predicted molar refractivity (Wildman–Crippen MR) is 98.8 cm³/mol. The first kappa shape index (κ1) is 17.2. The average molecular weight is 340 g/mol. The van der Waals surface area contributed by atoms with Gasteiger partial charge in [-0.15, -0.1) is 0 Å². The number of nitrogens with zero attached hydrogens (tertiary/aromatic N) is 2. The van der Waals surface area contributed by atoms with E-state index in [1.807, 2.05) is 31.2 Å². The van der Waals surface area contributed by atoms with Gasteiger partial charge in [-0.3, -0.25) is 9.69 Å². The number of hydrogen-bond acceptors (Lipinski definition) is 3. The van der Waals surface area contributed by atoms with Crippen molar-refractivity contribution in [2.24, 2.45) is 7.05 Å². The molecule has 6 heteroatoms. The molecule has 1 fully saturated rings. The second-order valence-electron chi connectivity index (χ2n) is 6.62. The zero-order chi connectivity index (χ0) is 18.0. The Kier molecular flexibility index (Phi) is 4.90. The van der Waals surface area contributed by atoms with E-state index in [0.29, 0.717) is 5.69 Å². The Balaban J connectivity index is 1.75. The topological polar surface area (TPSA) is 66.4 Å². The summed E-state index contributed by atoms with van der Waals surface area (Å²) in [5, 5.41) is 5.77. The maximum atomic E-state index is 12.5. The first-order valence-electron chi connectivity index (χ1n) is 8.46. The standard InChI is InChI=1S/C19H24N4O2/c1-13-9-11-23(3)18(24)16(13)21-19(25)20-15-10-12-22(2)17(15)14-7-5-4-6-8-14/h4-9,11,15,17H,10,12H2,1-3H3,(H2,20,21,25). The molecule has 6 nitrogen and oxygen atoms in total. The lowest BCUT2D eigenvalue weighted by Crippen LogP contribution is -2.42. The van der Waals surface area contributed by atoms with Gasteiger partial charge in [0.25, 0.3) is 5.56 Å². The van der Waals surface area contributed by atoms with Gasteiger partial charge in [0.05, 0.1) is 12.1 Å². The summed E-state index contributed by atoms with van der Waals surface area (Å²) in [4.78, 5) is 26.9. The van der Waals surface area contributed by atoms with Crippen molar-refractivity contribution in [3.05, 3.63) is 64.1 Å². The lowest BCUT2D eigenvalue weighted by Gasteiger charge is -2.26. The van der Waals surface area contributed by atoms with Crippen LogP contribution < -0.4 is 16.2 Å². The third kappa shape index (κ3) is 3.58. The number of likely N-dealkylation sites (tertiary alicyclic amines) is 1. The maximum absolute atomic E-state index is 12.5. The van der Waals surface area contributed by atoms with E-state index in [-0.39, 0.29) is 23.7 Å². The van der Waals surface area contributed by atoms with Crippen molar-refractivity contribution in [1.82, 2.24) is 14.8 Å². The third-order valence-corrected chi connectivity index (χ3v) is 4.82. The molecule has 0 saturated carbocycles. The van der Waals surface area contributed by atoms with E-state index in [4.69, 9.17) is 0 Å². The van der Waals surface area contributed by atoms with Gasteiger partial charge in [-0.25, -0.2) is 4.79 Å². The Hall–Kier alpha value is -2.60. The molecule has 25 heavy (non-hydrogen) atoms. The van der Waals surface area contributed by atoms with Crippen molar-refractivity contribution in [3.63, 3.8) is 0 Å². The molecule has 2 atom stereocenters. The number of aryl methyl sites for hydroxylation is 2. The molecule has 2 N–H and O–H groups in total. The van der Waals surface area contributed by atoms with E-state index in [0.717, 1.165) is 18.5 Å². The molecule has 0 spiro atoms. The van der Waals surface area contributed by atoms with Crippen molar-refractivity contribution in [2.75, 3.05) is 18.9 Å². The van der Waals surface area contributed by atoms with Gasteiger partial charge in [0.15, 0.2) is 0 Å². The molecule has 2 unspecified atom stereocenters. The van der Waals surface area contributed by atoms with Crippen LogP contribution in [0.4, 0.5) is 10.5 Å². The molecule has 1 aromatic heterocycles. The first-order valence-corrected chi connectivity index (χ1v) is 8.46.